The zero-order valence-corrected chi connectivity index (χ0v) is 12.1. The first-order valence-electron chi connectivity index (χ1n) is 7.16. The van der Waals surface area contributed by atoms with E-state index in [1.54, 1.807) is 0 Å². The summed E-state index contributed by atoms with van der Waals surface area (Å²) in [7, 11) is 0. The summed E-state index contributed by atoms with van der Waals surface area (Å²) < 4.78 is 10.8. The van der Waals surface area contributed by atoms with Gasteiger partial charge in [0.1, 0.15) is 6.04 Å². The first kappa shape index (κ1) is 14.0. The van der Waals surface area contributed by atoms with Crippen LogP contribution in [0.1, 0.15) is 23.3 Å². The summed E-state index contributed by atoms with van der Waals surface area (Å²) in [4.78, 5) is 6.63. The second-order valence-corrected chi connectivity index (χ2v) is 5.08. The summed E-state index contributed by atoms with van der Waals surface area (Å²) in [5, 5.41) is 3.87. The minimum atomic E-state index is 0.0420. The van der Waals surface area contributed by atoms with E-state index in [1.165, 1.54) is 5.56 Å². The van der Waals surface area contributed by atoms with Gasteiger partial charge < -0.3 is 9.26 Å². The minimum Gasteiger partial charge on any atom is -0.378 e. The number of ether oxygens (including phenoxy) is 1. The Bertz CT molecular complexity index is 595. The van der Waals surface area contributed by atoms with E-state index in [4.69, 9.17) is 9.26 Å². The Hall–Kier alpha value is -1.98. The van der Waals surface area contributed by atoms with Crippen LogP contribution in [0.25, 0.3) is 6.08 Å². The lowest BCUT2D eigenvalue weighted by atomic mass is 10.2. The summed E-state index contributed by atoms with van der Waals surface area (Å²) >= 11 is 0. The molecule has 0 spiro atoms. The maximum Gasteiger partial charge on any atom is 0.246 e. The molecule has 0 aliphatic carbocycles. The first-order valence-corrected chi connectivity index (χ1v) is 7.16. The van der Waals surface area contributed by atoms with Gasteiger partial charge in [-0.05, 0) is 12.5 Å². The predicted octanol–water partition coefficient (Wildman–Crippen LogP) is 2.46. The molecule has 1 aliphatic rings. The van der Waals surface area contributed by atoms with Crippen molar-refractivity contribution in [2.45, 2.75) is 13.0 Å². The second kappa shape index (κ2) is 6.65. The zero-order valence-electron chi connectivity index (χ0n) is 12.1. The monoisotopic (exact) mass is 285 g/mol. The highest BCUT2D eigenvalue weighted by Gasteiger charge is 2.28. The van der Waals surface area contributed by atoms with Crippen LogP contribution in [0.2, 0.25) is 0 Å². The zero-order chi connectivity index (χ0) is 14.5. The molecular formula is C16H19N3O2. The molecule has 0 bridgehead atoms. The van der Waals surface area contributed by atoms with Gasteiger partial charge in [0.2, 0.25) is 5.89 Å². The highest BCUT2D eigenvalue weighted by atomic mass is 16.5. The maximum atomic E-state index is 5.55. The van der Waals surface area contributed by atoms with Gasteiger partial charge >= 0.3 is 0 Å². The van der Waals surface area contributed by atoms with Crippen LogP contribution in [0.15, 0.2) is 40.9 Å². The van der Waals surface area contributed by atoms with Crippen molar-refractivity contribution >= 4 is 6.08 Å². The molecule has 1 saturated heterocycles. The van der Waals surface area contributed by atoms with Crippen LogP contribution >= 0.6 is 0 Å². The first-order chi connectivity index (χ1) is 10.3. The average Bonchev–Trinajstić information content (AvgIpc) is 2.95. The van der Waals surface area contributed by atoms with Gasteiger partial charge in [0.05, 0.1) is 13.2 Å². The van der Waals surface area contributed by atoms with Gasteiger partial charge in [0, 0.05) is 13.1 Å². The lowest BCUT2D eigenvalue weighted by Gasteiger charge is -2.32. The van der Waals surface area contributed by atoms with Gasteiger partial charge in [-0.2, -0.15) is 4.98 Å². The molecule has 1 atom stereocenters. The molecule has 2 aromatic rings. The van der Waals surface area contributed by atoms with Crippen molar-refractivity contribution < 1.29 is 9.26 Å². The molecule has 2 heterocycles. The molecule has 0 amide bonds. The van der Waals surface area contributed by atoms with Gasteiger partial charge in [-0.1, -0.05) is 47.6 Å². The average molecular weight is 285 g/mol. The van der Waals surface area contributed by atoms with Crippen LogP contribution in [-0.4, -0.2) is 41.3 Å². The molecule has 5 heteroatoms. The highest BCUT2D eigenvalue weighted by Crippen LogP contribution is 2.22. The summed E-state index contributed by atoms with van der Waals surface area (Å²) in [6.45, 7) is 4.87. The van der Waals surface area contributed by atoms with E-state index in [2.05, 4.69) is 39.3 Å². The third kappa shape index (κ3) is 3.56. The molecule has 0 N–H and O–H groups in total. The maximum absolute atomic E-state index is 5.55. The van der Waals surface area contributed by atoms with E-state index in [1.807, 2.05) is 25.1 Å². The van der Waals surface area contributed by atoms with Crippen molar-refractivity contribution in [2.24, 2.45) is 0 Å². The molecule has 21 heavy (non-hydrogen) atoms. The standard InChI is InChI=1S/C16H19N3O2/c1-13-17-16(21-18-13)15-12-20-11-10-19(15)9-5-8-14-6-3-2-4-7-14/h2-8,15H,9-12H2,1H3/b8-5+. The second-order valence-electron chi connectivity index (χ2n) is 5.08. The van der Waals surface area contributed by atoms with Gasteiger partial charge in [0.15, 0.2) is 5.82 Å². The molecule has 1 fully saturated rings. The topological polar surface area (TPSA) is 51.4 Å². The normalized spacial score (nSPS) is 20.1. The fourth-order valence-electron chi connectivity index (χ4n) is 2.42. The van der Waals surface area contributed by atoms with E-state index < -0.39 is 0 Å². The molecule has 1 unspecified atom stereocenters. The van der Waals surface area contributed by atoms with Gasteiger partial charge in [-0.15, -0.1) is 0 Å². The lowest BCUT2D eigenvalue weighted by Crippen LogP contribution is -2.39. The van der Waals surface area contributed by atoms with Crippen LogP contribution in [0.3, 0.4) is 0 Å². The van der Waals surface area contributed by atoms with Gasteiger partial charge in [-0.25, -0.2) is 0 Å². The van der Waals surface area contributed by atoms with Crippen molar-refractivity contribution in [3.05, 3.63) is 53.7 Å². The summed E-state index contributed by atoms with van der Waals surface area (Å²) in [6, 6.07) is 10.3. The Balaban J connectivity index is 1.66. The number of nitrogens with zero attached hydrogens (tertiary/aromatic N) is 3. The molecule has 1 aliphatic heterocycles. The van der Waals surface area contributed by atoms with E-state index >= 15 is 0 Å². The Labute approximate surface area is 124 Å². The predicted molar refractivity (Wildman–Crippen MR) is 79.6 cm³/mol. The molecular weight excluding hydrogens is 266 g/mol. The summed E-state index contributed by atoms with van der Waals surface area (Å²) in [5.41, 5.74) is 1.20. The molecule has 0 radical (unpaired) electrons. The Morgan fingerprint density at radius 3 is 2.95 bits per heavy atom. The van der Waals surface area contributed by atoms with Crippen molar-refractivity contribution in [1.29, 1.82) is 0 Å². The Morgan fingerprint density at radius 2 is 2.19 bits per heavy atom. The summed E-state index contributed by atoms with van der Waals surface area (Å²) in [5.74, 6) is 1.30. The van der Waals surface area contributed by atoms with Gasteiger partial charge in [0.25, 0.3) is 0 Å². The number of rotatable bonds is 4. The van der Waals surface area contributed by atoms with Crippen LogP contribution in [0, 0.1) is 6.92 Å². The van der Waals surface area contributed by atoms with Crippen LogP contribution in [0.5, 0.6) is 0 Å². The summed E-state index contributed by atoms with van der Waals surface area (Å²) in [6.07, 6.45) is 4.29. The molecule has 3 rings (SSSR count). The number of hydrogen-bond acceptors (Lipinski definition) is 5. The minimum absolute atomic E-state index is 0.0420. The molecule has 110 valence electrons. The third-order valence-corrected chi connectivity index (χ3v) is 3.52. The fourth-order valence-corrected chi connectivity index (χ4v) is 2.42. The van der Waals surface area contributed by atoms with Crippen LogP contribution < -0.4 is 0 Å². The van der Waals surface area contributed by atoms with E-state index in [0.717, 1.165) is 19.7 Å². The van der Waals surface area contributed by atoms with Crippen LogP contribution in [-0.2, 0) is 4.74 Å². The number of aryl methyl sites for hydroxylation is 1. The van der Waals surface area contributed by atoms with Crippen molar-refractivity contribution in [3.8, 4) is 0 Å². The fraction of sp³-hybridized carbons (Fsp3) is 0.375. The van der Waals surface area contributed by atoms with Crippen molar-refractivity contribution in [2.75, 3.05) is 26.3 Å². The SMILES string of the molecule is Cc1noc(C2COCCN2C/C=C/c2ccccc2)n1. The molecule has 0 saturated carbocycles. The van der Waals surface area contributed by atoms with Crippen molar-refractivity contribution in [1.82, 2.24) is 15.0 Å². The number of hydrogen-bond donors (Lipinski definition) is 0. The van der Waals surface area contributed by atoms with E-state index in [0.29, 0.717) is 18.3 Å². The van der Waals surface area contributed by atoms with E-state index in [9.17, 15) is 0 Å². The molecule has 5 nitrogen and oxygen atoms in total. The van der Waals surface area contributed by atoms with Gasteiger partial charge in [-0.3, -0.25) is 4.90 Å². The number of morpholine rings is 1. The quantitative estimate of drug-likeness (QED) is 0.863. The largest absolute Gasteiger partial charge is 0.378 e. The smallest absolute Gasteiger partial charge is 0.246 e. The molecule has 1 aromatic carbocycles. The number of benzene rings is 1. The highest BCUT2D eigenvalue weighted by molar-refractivity contribution is 5.48. The number of aromatic nitrogens is 2. The molecule has 1 aromatic heterocycles. The van der Waals surface area contributed by atoms with Crippen molar-refractivity contribution in [3.63, 3.8) is 0 Å². The third-order valence-electron chi connectivity index (χ3n) is 3.52. The van der Waals surface area contributed by atoms with E-state index in [-0.39, 0.29) is 6.04 Å². The Morgan fingerprint density at radius 1 is 1.33 bits per heavy atom. The van der Waals surface area contributed by atoms with Crippen LogP contribution in [0.4, 0.5) is 0 Å². The lowest BCUT2D eigenvalue weighted by molar-refractivity contribution is -0.0141. The Kier molecular flexibility index (Phi) is 4.43.